The highest BCUT2D eigenvalue weighted by Crippen LogP contribution is 2.27. The first-order valence-electron chi connectivity index (χ1n) is 6.93. The third kappa shape index (κ3) is 2.35. The molecule has 0 saturated heterocycles. The van der Waals surface area contributed by atoms with E-state index < -0.39 is 0 Å². The van der Waals surface area contributed by atoms with Gasteiger partial charge in [0.2, 0.25) is 0 Å². The van der Waals surface area contributed by atoms with E-state index >= 15 is 0 Å². The van der Waals surface area contributed by atoms with Crippen LogP contribution < -0.4 is 0 Å². The van der Waals surface area contributed by atoms with Crippen LogP contribution in [0.4, 0.5) is 0 Å². The molecule has 2 heteroatoms. The normalized spacial score (nSPS) is 13.9. The number of fused-ring (bicyclic) bond motifs is 1. The fraction of sp³-hybridized carbons (Fsp3) is 0.222. The molecule has 0 unspecified atom stereocenters. The third-order valence-electron chi connectivity index (χ3n) is 3.61. The molecule has 3 rings (SSSR count). The molecule has 0 spiro atoms. The van der Waals surface area contributed by atoms with E-state index in [0.717, 1.165) is 6.54 Å². The predicted molar refractivity (Wildman–Crippen MR) is 86.6 cm³/mol. The van der Waals surface area contributed by atoms with Crippen LogP contribution in [0.3, 0.4) is 0 Å². The maximum Gasteiger partial charge on any atom is 0.0554 e. The van der Waals surface area contributed by atoms with Crippen molar-refractivity contribution in [2.24, 2.45) is 7.05 Å². The van der Waals surface area contributed by atoms with Gasteiger partial charge in [-0.1, -0.05) is 42.5 Å². The summed E-state index contributed by atoms with van der Waals surface area (Å²) < 4.78 is 2.24. The Morgan fingerprint density at radius 3 is 2.60 bits per heavy atom. The summed E-state index contributed by atoms with van der Waals surface area (Å²) in [4.78, 5) is 2.21. The van der Waals surface area contributed by atoms with Crippen LogP contribution in [0.5, 0.6) is 0 Å². The van der Waals surface area contributed by atoms with E-state index in [0.29, 0.717) is 0 Å². The number of rotatable bonds is 3. The van der Waals surface area contributed by atoms with Crippen molar-refractivity contribution < 1.29 is 0 Å². The lowest BCUT2D eigenvalue weighted by Gasteiger charge is -2.08. The first-order valence-corrected chi connectivity index (χ1v) is 6.93. The molecule has 1 aliphatic carbocycles. The average Bonchev–Trinajstić information content (AvgIpc) is 2.99. The lowest BCUT2D eigenvalue weighted by molar-refractivity contribution is 0.404. The number of nitrogens with zero attached hydrogens (tertiary/aromatic N) is 2. The minimum atomic E-state index is 0.969. The maximum atomic E-state index is 2.25. The molecule has 0 radical (unpaired) electrons. The highest BCUT2D eigenvalue weighted by Gasteiger charge is 2.10. The third-order valence-corrected chi connectivity index (χ3v) is 3.61. The zero-order valence-electron chi connectivity index (χ0n) is 12.3. The largest absolute Gasteiger partial charge is 0.350 e. The summed E-state index contributed by atoms with van der Waals surface area (Å²) in [5, 5.41) is 1.35. The molecule has 2 nitrogen and oxygen atoms in total. The van der Waals surface area contributed by atoms with Crippen molar-refractivity contribution in [2.75, 3.05) is 14.1 Å². The summed E-state index contributed by atoms with van der Waals surface area (Å²) >= 11 is 0. The summed E-state index contributed by atoms with van der Waals surface area (Å²) in [6, 6.07) is 6.56. The van der Waals surface area contributed by atoms with Crippen LogP contribution in [0.25, 0.3) is 17.0 Å². The van der Waals surface area contributed by atoms with Crippen LogP contribution in [0.15, 0.2) is 54.3 Å². The average molecular weight is 264 g/mol. The summed E-state index contributed by atoms with van der Waals surface area (Å²) in [7, 11) is 6.35. The zero-order valence-corrected chi connectivity index (χ0v) is 12.3. The fourth-order valence-corrected chi connectivity index (χ4v) is 2.83. The monoisotopic (exact) mass is 264 g/mol. The molecule has 0 fully saturated rings. The topological polar surface area (TPSA) is 8.17 Å². The molecule has 1 aliphatic rings. The van der Waals surface area contributed by atoms with E-state index in [1.165, 1.54) is 27.6 Å². The Morgan fingerprint density at radius 1 is 1.15 bits per heavy atom. The molecule has 0 bridgehead atoms. The number of allylic oxidation sites excluding steroid dienone is 5. The van der Waals surface area contributed by atoms with Crippen molar-refractivity contribution in [3.63, 3.8) is 0 Å². The van der Waals surface area contributed by atoms with Crippen molar-refractivity contribution >= 4 is 17.0 Å². The summed E-state index contributed by atoms with van der Waals surface area (Å²) in [6.07, 6.45) is 12.9. The summed E-state index contributed by atoms with van der Waals surface area (Å²) in [5.41, 5.74) is 5.23. The smallest absolute Gasteiger partial charge is 0.0554 e. The van der Waals surface area contributed by atoms with Gasteiger partial charge in [-0.05, 0) is 36.9 Å². The van der Waals surface area contributed by atoms with Crippen molar-refractivity contribution in [1.29, 1.82) is 0 Å². The first-order chi connectivity index (χ1) is 9.65. The van der Waals surface area contributed by atoms with Gasteiger partial charge in [0.25, 0.3) is 0 Å². The molecule has 0 aliphatic heterocycles. The molecule has 2 aromatic rings. The van der Waals surface area contributed by atoms with Crippen molar-refractivity contribution in [1.82, 2.24) is 9.47 Å². The van der Waals surface area contributed by atoms with Gasteiger partial charge in [0.1, 0.15) is 0 Å². The molecule has 102 valence electrons. The highest BCUT2D eigenvalue weighted by molar-refractivity contribution is 5.92. The van der Waals surface area contributed by atoms with Gasteiger partial charge in [0.15, 0.2) is 0 Å². The molecule has 0 atom stereocenters. The van der Waals surface area contributed by atoms with Crippen molar-refractivity contribution in [2.45, 2.75) is 6.54 Å². The Bertz CT molecular complexity index is 713. The molecule has 1 aromatic heterocycles. The van der Waals surface area contributed by atoms with Crippen LogP contribution in [0, 0.1) is 0 Å². The van der Waals surface area contributed by atoms with E-state index in [4.69, 9.17) is 0 Å². The van der Waals surface area contributed by atoms with Crippen molar-refractivity contribution in [3.05, 3.63) is 65.4 Å². The van der Waals surface area contributed by atoms with Crippen LogP contribution in [0.2, 0.25) is 0 Å². The van der Waals surface area contributed by atoms with Gasteiger partial charge in [-0.25, -0.2) is 0 Å². The van der Waals surface area contributed by atoms with Gasteiger partial charge in [0.05, 0.1) is 5.52 Å². The number of aromatic nitrogens is 1. The predicted octanol–water partition coefficient (Wildman–Crippen LogP) is 3.75. The van der Waals surface area contributed by atoms with E-state index in [1.807, 2.05) is 0 Å². The minimum absolute atomic E-state index is 0.969. The minimum Gasteiger partial charge on any atom is -0.350 e. The van der Waals surface area contributed by atoms with Crippen LogP contribution in [-0.4, -0.2) is 23.6 Å². The summed E-state index contributed by atoms with van der Waals surface area (Å²) in [5.74, 6) is 0. The molecule has 1 aromatic carbocycles. The second kappa shape index (κ2) is 5.14. The molecule has 0 amide bonds. The van der Waals surface area contributed by atoms with Crippen LogP contribution >= 0.6 is 0 Å². The van der Waals surface area contributed by atoms with E-state index in [9.17, 15) is 0 Å². The Kier molecular flexibility index (Phi) is 3.33. The second-order valence-corrected chi connectivity index (χ2v) is 5.61. The van der Waals surface area contributed by atoms with Gasteiger partial charge >= 0.3 is 0 Å². The zero-order chi connectivity index (χ0) is 14.1. The van der Waals surface area contributed by atoms with E-state index in [1.54, 1.807) is 0 Å². The molecular formula is C18H20N2. The number of aryl methyl sites for hydroxylation is 1. The summed E-state index contributed by atoms with van der Waals surface area (Å²) in [6.45, 7) is 0.969. The van der Waals surface area contributed by atoms with Crippen LogP contribution in [-0.2, 0) is 13.6 Å². The molecule has 20 heavy (non-hydrogen) atoms. The maximum absolute atomic E-state index is 2.25. The molecule has 0 saturated carbocycles. The molecular weight excluding hydrogens is 244 g/mol. The van der Waals surface area contributed by atoms with Gasteiger partial charge in [0, 0.05) is 25.2 Å². The Balaban J connectivity index is 2.15. The van der Waals surface area contributed by atoms with Crippen molar-refractivity contribution in [3.8, 4) is 0 Å². The number of hydrogen-bond acceptors (Lipinski definition) is 1. The van der Waals surface area contributed by atoms with Gasteiger partial charge in [-0.3, -0.25) is 0 Å². The SMILES string of the molecule is CN(C)Cc1cn(C)c2c(C=C3C=CC=C3)cccc12. The van der Waals surface area contributed by atoms with Gasteiger partial charge < -0.3 is 9.47 Å². The van der Waals surface area contributed by atoms with Gasteiger partial charge in [-0.2, -0.15) is 0 Å². The Hall–Kier alpha value is -2.06. The Labute approximate surface area is 120 Å². The number of hydrogen-bond donors (Lipinski definition) is 0. The quantitative estimate of drug-likeness (QED) is 0.819. The lowest BCUT2D eigenvalue weighted by atomic mass is 10.1. The Morgan fingerprint density at radius 2 is 1.90 bits per heavy atom. The van der Waals surface area contributed by atoms with Crippen LogP contribution in [0.1, 0.15) is 11.1 Å². The lowest BCUT2D eigenvalue weighted by Crippen LogP contribution is -2.10. The van der Waals surface area contributed by atoms with E-state index in [-0.39, 0.29) is 0 Å². The van der Waals surface area contributed by atoms with E-state index in [2.05, 4.69) is 85.4 Å². The second-order valence-electron chi connectivity index (χ2n) is 5.61. The highest BCUT2D eigenvalue weighted by atomic mass is 15.1. The first kappa shape index (κ1) is 12.9. The molecule has 1 heterocycles. The number of para-hydroxylation sites is 1. The van der Waals surface area contributed by atoms with Gasteiger partial charge in [-0.15, -0.1) is 0 Å². The number of benzene rings is 1. The standard InChI is InChI=1S/C18H20N2/c1-19(2)12-16-13-20(3)18-15(9-6-10-17(16)18)11-14-7-4-5-8-14/h4-11,13H,12H2,1-3H3. The molecule has 0 N–H and O–H groups in total. The fourth-order valence-electron chi connectivity index (χ4n) is 2.83.